The first-order chi connectivity index (χ1) is 9.54. The van der Waals surface area contributed by atoms with Crippen LogP contribution in [0.25, 0.3) is 0 Å². The lowest BCUT2D eigenvalue weighted by Crippen LogP contribution is -2.27. The van der Waals surface area contributed by atoms with Crippen molar-refractivity contribution in [3.05, 3.63) is 50.1 Å². The number of hydrogen-bond acceptors (Lipinski definition) is 3. The molecule has 0 bridgehead atoms. The number of thiophene rings is 1. The van der Waals surface area contributed by atoms with E-state index in [4.69, 9.17) is 11.6 Å². The zero-order valence-electron chi connectivity index (χ0n) is 10.8. The highest BCUT2D eigenvalue weighted by Crippen LogP contribution is 2.24. The molecule has 0 N–H and O–H groups in total. The minimum atomic E-state index is 0.120. The molecule has 20 heavy (non-hydrogen) atoms. The molecule has 0 radical (unpaired) electrons. The van der Waals surface area contributed by atoms with E-state index >= 15 is 0 Å². The third-order valence-corrected chi connectivity index (χ3v) is 5.48. The van der Waals surface area contributed by atoms with Gasteiger partial charge in [0.2, 0.25) is 5.91 Å². The molecular formula is C14H13BrClNOS2. The Morgan fingerprint density at radius 1 is 1.30 bits per heavy atom. The SMILES string of the molecule is CN(Cc1ccc(Br)s1)C(=O)CSc1ccc(Cl)cc1. The molecule has 1 heterocycles. The summed E-state index contributed by atoms with van der Waals surface area (Å²) in [5.74, 6) is 0.555. The second-order valence-electron chi connectivity index (χ2n) is 4.20. The van der Waals surface area contributed by atoms with Crippen molar-refractivity contribution in [1.82, 2.24) is 4.90 Å². The van der Waals surface area contributed by atoms with Gasteiger partial charge in [0.15, 0.2) is 0 Å². The number of rotatable bonds is 5. The molecule has 1 amide bonds. The Morgan fingerprint density at radius 2 is 2.00 bits per heavy atom. The summed E-state index contributed by atoms with van der Waals surface area (Å²) < 4.78 is 1.09. The minimum absolute atomic E-state index is 0.120. The fourth-order valence-corrected chi connectivity index (χ4v) is 4.05. The third kappa shape index (κ3) is 4.81. The lowest BCUT2D eigenvalue weighted by Gasteiger charge is -2.15. The average molecular weight is 391 g/mol. The first-order valence-electron chi connectivity index (χ1n) is 5.91. The highest BCUT2D eigenvalue weighted by molar-refractivity contribution is 9.11. The monoisotopic (exact) mass is 389 g/mol. The van der Waals surface area contributed by atoms with E-state index in [0.717, 1.165) is 8.68 Å². The molecule has 0 fully saturated rings. The van der Waals surface area contributed by atoms with Crippen LogP contribution in [0.5, 0.6) is 0 Å². The van der Waals surface area contributed by atoms with Crippen molar-refractivity contribution in [2.75, 3.05) is 12.8 Å². The lowest BCUT2D eigenvalue weighted by molar-refractivity contribution is -0.127. The van der Waals surface area contributed by atoms with E-state index < -0.39 is 0 Å². The summed E-state index contributed by atoms with van der Waals surface area (Å²) >= 11 is 12.4. The van der Waals surface area contributed by atoms with Gasteiger partial charge in [0.1, 0.15) is 0 Å². The molecule has 0 spiro atoms. The molecule has 0 atom stereocenters. The Morgan fingerprint density at radius 3 is 2.60 bits per heavy atom. The number of thioether (sulfide) groups is 1. The fraction of sp³-hybridized carbons (Fsp3) is 0.214. The summed E-state index contributed by atoms with van der Waals surface area (Å²) in [6, 6.07) is 11.6. The number of amides is 1. The maximum Gasteiger partial charge on any atom is 0.233 e. The first-order valence-corrected chi connectivity index (χ1v) is 8.88. The van der Waals surface area contributed by atoms with E-state index in [1.54, 1.807) is 16.2 Å². The Kier molecular flexibility index (Phi) is 5.96. The zero-order chi connectivity index (χ0) is 14.5. The third-order valence-electron chi connectivity index (χ3n) is 2.62. The Labute approximate surface area is 140 Å². The van der Waals surface area contributed by atoms with Gasteiger partial charge in [0, 0.05) is 21.8 Å². The molecule has 1 aromatic carbocycles. The fourth-order valence-electron chi connectivity index (χ4n) is 1.54. The molecule has 2 aromatic rings. The summed E-state index contributed by atoms with van der Waals surface area (Å²) in [6.07, 6.45) is 0. The van der Waals surface area contributed by atoms with E-state index in [0.29, 0.717) is 17.3 Å². The summed E-state index contributed by atoms with van der Waals surface area (Å²) in [7, 11) is 1.83. The van der Waals surface area contributed by atoms with Crippen LogP contribution in [0, 0.1) is 0 Å². The number of nitrogens with zero attached hydrogens (tertiary/aromatic N) is 1. The zero-order valence-corrected chi connectivity index (χ0v) is 14.8. The molecular weight excluding hydrogens is 378 g/mol. The predicted molar refractivity (Wildman–Crippen MR) is 90.7 cm³/mol. The smallest absolute Gasteiger partial charge is 0.233 e. The second kappa shape index (κ2) is 7.50. The van der Waals surface area contributed by atoms with Gasteiger partial charge in [-0.2, -0.15) is 0 Å². The van der Waals surface area contributed by atoms with Gasteiger partial charge < -0.3 is 4.90 Å². The van der Waals surface area contributed by atoms with Crippen molar-refractivity contribution < 1.29 is 4.79 Å². The molecule has 0 aliphatic rings. The van der Waals surface area contributed by atoms with Crippen LogP contribution in [-0.2, 0) is 11.3 Å². The molecule has 106 valence electrons. The summed E-state index contributed by atoms with van der Waals surface area (Å²) in [5.41, 5.74) is 0. The van der Waals surface area contributed by atoms with Crippen LogP contribution in [0.3, 0.4) is 0 Å². The first kappa shape index (κ1) is 15.9. The molecule has 2 rings (SSSR count). The van der Waals surface area contributed by atoms with Gasteiger partial charge in [0.05, 0.1) is 16.1 Å². The number of hydrogen-bond donors (Lipinski definition) is 0. The van der Waals surface area contributed by atoms with Crippen LogP contribution >= 0.6 is 50.6 Å². The van der Waals surface area contributed by atoms with Crippen LogP contribution in [0.2, 0.25) is 5.02 Å². The van der Waals surface area contributed by atoms with Crippen molar-refractivity contribution in [3.8, 4) is 0 Å². The maximum atomic E-state index is 12.1. The molecule has 0 saturated heterocycles. The summed E-state index contributed by atoms with van der Waals surface area (Å²) in [5, 5.41) is 0.709. The largest absolute Gasteiger partial charge is 0.340 e. The average Bonchev–Trinajstić information content (AvgIpc) is 2.83. The highest BCUT2D eigenvalue weighted by Gasteiger charge is 2.11. The van der Waals surface area contributed by atoms with E-state index in [2.05, 4.69) is 15.9 Å². The van der Waals surface area contributed by atoms with E-state index in [1.165, 1.54) is 16.6 Å². The van der Waals surface area contributed by atoms with Crippen LogP contribution in [-0.4, -0.2) is 23.6 Å². The summed E-state index contributed by atoms with van der Waals surface area (Å²) in [4.78, 5) is 16.0. The number of benzene rings is 1. The topological polar surface area (TPSA) is 20.3 Å². The molecule has 2 nitrogen and oxygen atoms in total. The Balaban J connectivity index is 1.83. The number of carbonyl (C=O) groups excluding carboxylic acids is 1. The number of carbonyl (C=O) groups is 1. The summed E-state index contributed by atoms with van der Waals surface area (Å²) in [6.45, 7) is 0.649. The van der Waals surface area contributed by atoms with Crippen molar-refractivity contribution >= 4 is 56.5 Å². The van der Waals surface area contributed by atoms with Crippen molar-refractivity contribution in [3.63, 3.8) is 0 Å². The number of halogens is 2. The van der Waals surface area contributed by atoms with Crippen molar-refractivity contribution in [2.24, 2.45) is 0 Å². The normalized spacial score (nSPS) is 10.6. The van der Waals surface area contributed by atoms with Crippen LogP contribution in [0.15, 0.2) is 45.1 Å². The quantitative estimate of drug-likeness (QED) is 0.676. The van der Waals surface area contributed by atoms with Gasteiger partial charge in [-0.15, -0.1) is 23.1 Å². The van der Waals surface area contributed by atoms with Crippen LogP contribution in [0.4, 0.5) is 0 Å². The highest BCUT2D eigenvalue weighted by atomic mass is 79.9. The van der Waals surface area contributed by atoms with E-state index in [-0.39, 0.29) is 5.91 Å². The van der Waals surface area contributed by atoms with Gasteiger partial charge >= 0.3 is 0 Å². The van der Waals surface area contributed by atoms with Crippen molar-refractivity contribution in [2.45, 2.75) is 11.4 Å². The standard InChI is InChI=1S/C14H13BrClNOS2/c1-17(8-12-6-7-13(15)20-12)14(18)9-19-11-4-2-10(16)3-5-11/h2-7H,8-9H2,1H3. The van der Waals surface area contributed by atoms with Gasteiger partial charge in [-0.25, -0.2) is 0 Å². The van der Waals surface area contributed by atoms with Gasteiger partial charge in [-0.3, -0.25) is 4.79 Å². The van der Waals surface area contributed by atoms with E-state index in [9.17, 15) is 4.79 Å². The van der Waals surface area contributed by atoms with Crippen LogP contribution in [0.1, 0.15) is 4.88 Å². The Hall–Kier alpha value is -0.490. The van der Waals surface area contributed by atoms with Crippen LogP contribution < -0.4 is 0 Å². The van der Waals surface area contributed by atoms with Gasteiger partial charge in [0.25, 0.3) is 0 Å². The van der Waals surface area contributed by atoms with Gasteiger partial charge in [-0.05, 0) is 52.3 Å². The second-order valence-corrected chi connectivity index (χ2v) is 8.23. The molecule has 0 unspecified atom stereocenters. The Bertz CT molecular complexity index is 585. The lowest BCUT2D eigenvalue weighted by atomic mass is 10.4. The van der Waals surface area contributed by atoms with Crippen molar-refractivity contribution in [1.29, 1.82) is 0 Å². The van der Waals surface area contributed by atoms with Gasteiger partial charge in [-0.1, -0.05) is 11.6 Å². The molecule has 0 aliphatic heterocycles. The molecule has 0 aliphatic carbocycles. The maximum absolute atomic E-state index is 12.1. The predicted octanol–water partition coefficient (Wildman–Crippen LogP) is 4.91. The molecule has 6 heteroatoms. The molecule has 0 saturated carbocycles. The molecule has 1 aromatic heterocycles. The van der Waals surface area contributed by atoms with E-state index in [1.807, 2.05) is 43.4 Å². The minimum Gasteiger partial charge on any atom is -0.340 e.